The van der Waals surface area contributed by atoms with Gasteiger partial charge in [-0.2, -0.15) is 13.2 Å². The monoisotopic (exact) mass is 507 g/mol. The minimum absolute atomic E-state index is 0.0249. The van der Waals surface area contributed by atoms with Crippen LogP contribution in [0.5, 0.6) is 0 Å². The zero-order chi connectivity index (χ0) is 25.9. The van der Waals surface area contributed by atoms with Crippen molar-refractivity contribution in [2.24, 2.45) is 0 Å². The first-order chi connectivity index (χ1) is 17.1. The van der Waals surface area contributed by atoms with Crippen molar-refractivity contribution in [2.45, 2.75) is 25.4 Å². The highest BCUT2D eigenvalue weighted by atomic mass is 19.4. The highest BCUT2D eigenvalue weighted by molar-refractivity contribution is 5.93. The number of carbonyl (C=O) groups is 1. The molecule has 1 fully saturated rings. The molecule has 1 unspecified atom stereocenters. The fourth-order valence-corrected chi connectivity index (χ4v) is 3.54. The highest BCUT2D eigenvalue weighted by Crippen LogP contribution is 2.35. The topological polar surface area (TPSA) is 152 Å². The van der Waals surface area contributed by atoms with Crippen LogP contribution in [0.4, 0.5) is 30.4 Å². The Morgan fingerprint density at radius 2 is 1.94 bits per heavy atom. The van der Waals surface area contributed by atoms with E-state index in [4.69, 9.17) is 15.0 Å². The van der Waals surface area contributed by atoms with Crippen molar-refractivity contribution in [3.05, 3.63) is 59.4 Å². The van der Waals surface area contributed by atoms with Gasteiger partial charge in [-0.05, 0) is 25.1 Å². The Morgan fingerprint density at radius 3 is 2.67 bits per heavy atom. The van der Waals surface area contributed by atoms with Crippen LogP contribution in [0.1, 0.15) is 46.7 Å². The van der Waals surface area contributed by atoms with E-state index in [0.29, 0.717) is 32.1 Å². The summed E-state index contributed by atoms with van der Waals surface area (Å²) in [6, 6.07) is 5.49. The van der Waals surface area contributed by atoms with Crippen molar-refractivity contribution < 1.29 is 32.3 Å². The molecule has 2 atom stereocenters. The van der Waals surface area contributed by atoms with Crippen molar-refractivity contribution >= 4 is 23.1 Å². The number of aliphatic hydroxyl groups is 1. The van der Waals surface area contributed by atoms with Crippen LogP contribution in [0.25, 0.3) is 0 Å². The maximum absolute atomic E-state index is 13.1. The largest absolute Gasteiger partial charge is 0.418 e. The minimum Gasteiger partial charge on any atom is -0.398 e. The fraction of sp³-hybridized carbons (Fsp3) is 0.364. The molecule has 0 radical (unpaired) electrons. The van der Waals surface area contributed by atoms with Crippen molar-refractivity contribution in [1.29, 1.82) is 0 Å². The summed E-state index contributed by atoms with van der Waals surface area (Å²) in [5, 5.41) is 19.5. The van der Waals surface area contributed by atoms with Crippen molar-refractivity contribution in [1.82, 2.24) is 20.4 Å². The molecule has 4 rings (SSSR count). The van der Waals surface area contributed by atoms with Gasteiger partial charge in [0, 0.05) is 36.6 Å². The van der Waals surface area contributed by atoms with Crippen LogP contribution in [0.15, 0.2) is 41.2 Å². The number of nitrogen functional groups attached to an aromatic ring is 1. The third-order valence-electron chi connectivity index (χ3n) is 5.49. The molecule has 1 saturated heterocycles. The molecule has 1 amide bonds. The number of morpholine rings is 1. The standard InChI is InChI=1S/C22H24F3N7O4/c1-12(29-20(33)17-10-19(28-11-27-17)32-4-6-35-7-5-32)16-9-18(36-31-16)21(34)30-13-2-3-15(26)14(8-13)22(23,24)25/h2-3,8-12,21,30,34H,4-7,26H2,1H3,(H,29,33)/t12-,21?/m1/s1. The van der Waals surface area contributed by atoms with Crippen LogP contribution < -0.4 is 21.3 Å². The summed E-state index contributed by atoms with van der Waals surface area (Å²) < 4.78 is 49.7. The van der Waals surface area contributed by atoms with Gasteiger partial charge in [-0.3, -0.25) is 4.79 Å². The second kappa shape index (κ2) is 10.4. The second-order valence-corrected chi connectivity index (χ2v) is 8.06. The lowest BCUT2D eigenvalue weighted by Gasteiger charge is -2.27. The summed E-state index contributed by atoms with van der Waals surface area (Å²) >= 11 is 0. The zero-order valence-electron chi connectivity index (χ0n) is 19.1. The lowest BCUT2D eigenvalue weighted by atomic mass is 10.1. The number of hydrogen-bond acceptors (Lipinski definition) is 10. The average molecular weight is 507 g/mol. The number of ether oxygens (including phenoxy) is 1. The number of benzene rings is 1. The van der Waals surface area contributed by atoms with Gasteiger partial charge >= 0.3 is 6.18 Å². The summed E-state index contributed by atoms with van der Waals surface area (Å²) in [5.74, 6) is 0.0812. The van der Waals surface area contributed by atoms with E-state index in [1.54, 1.807) is 13.0 Å². The molecule has 1 aliphatic rings. The number of nitrogens with zero attached hydrogens (tertiary/aromatic N) is 4. The summed E-state index contributed by atoms with van der Waals surface area (Å²) in [4.78, 5) is 22.9. The van der Waals surface area contributed by atoms with Gasteiger partial charge in [0.2, 0.25) is 0 Å². The van der Waals surface area contributed by atoms with Crippen LogP contribution in [0.3, 0.4) is 0 Å². The minimum atomic E-state index is -4.65. The first kappa shape index (κ1) is 25.2. The number of nitrogens with two attached hydrogens (primary N) is 1. The van der Waals surface area contributed by atoms with Gasteiger partial charge in [0.1, 0.15) is 23.5 Å². The molecule has 0 aliphatic carbocycles. The predicted octanol–water partition coefficient (Wildman–Crippen LogP) is 2.50. The summed E-state index contributed by atoms with van der Waals surface area (Å²) in [6.07, 6.45) is -4.84. The lowest BCUT2D eigenvalue weighted by Crippen LogP contribution is -2.37. The number of anilines is 3. The van der Waals surface area contributed by atoms with Crippen molar-refractivity contribution in [3.63, 3.8) is 0 Å². The predicted molar refractivity (Wildman–Crippen MR) is 122 cm³/mol. The maximum Gasteiger partial charge on any atom is 0.418 e. The number of amides is 1. The molecule has 1 aromatic carbocycles. The van der Waals surface area contributed by atoms with E-state index in [9.17, 15) is 23.1 Å². The Hall–Kier alpha value is -3.91. The molecule has 5 N–H and O–H groups in total. The van der Waals surface area contributed by atoms with E-state index in [2.05, 4.69) is 25.8 Å². The Bertz CT molecular complexity index is 1210. The smallest absolute Gasteiger partial charge is 0.398 e. The van der Waals surface area contributed by atoms with Crippen LogP contribution >= 0.6 is 0 Å². The molecule has 192 valence electrons. The highest BCUT2D eigenvalue weighted by Gasteiger charge is 2.33. The maximum atomic E-state index is 13.1. The zero-order valence-corrected chi connectivity index (χ0v) is 19.1. The number of rotatable bonds is 7. The van der Waals surface area contributed by atoms with Crippen LogP contribution in [-0.4, -0.2) is 52.4 Å². The van der Waals surface area contributed by atoms with E-state index in [-0.39, 0.29) is 22.8 Å². The van der Waals surface area contributed by atoms with Crippen LogP contribution in [0, 0.1) is 0 Å². The number of aromatic nitrogens is 3. The normalized spacial score (nSPS) is 15.9. The van der Waals surface area contributed by atoms with Crippen LogP contribution in [-0.2, 0) is 10.9 Å². The number of nitrogens with one attached hydrogen (secondary N) is 2. The van der Waals surface area contributed by atoms with Crippen molar-refractivity contribution in [3.8, 4) is 0 Å². The summed E-state index contributed by atoms with van der Waals surface area (Å²) in [6.45, 7) is 4.10. The van der Waals surface area contributed by atoms with E-state index < -0.39 is 35.6 Å². The molecule has 3 heterocycles. The number of alkyl halides is 3. The fourth-order valence-electron chi connectivity index (χ4n) is 3.54. The van der Waals surface area contributed by atoms with Gasteiger partial charge in [0.25, 0.3) is 5.91 Å². The molecule has 14 heteroatoms. The Balaban J connectivity index is 1.39. The summed E-state index contributed by atoms with van der Waals surface area (Å²) in [7, 11) is 0. The van der Waals surface area contributed by atoms with E-state index >= 15 is 0 Å². The van der Waals surface area contributed by atoms with Gasteiger partial charge in [0.05, 0.1) is 24.8 Å². The molecule has 3 aromatic rings. The number of halogens is 3. The molecule has 2 aromatic heterocycles. The number of hydrogen-bond donors (Lipinski definition) is 4. The Kier molecular flexibility index (Phi) is 7.26. The summed E-state index contributed by atoms with van der Waals surface area (Å²) in [5.41, 5.74) is 4.35. The first-order valence-corrected chi connectivity index (χ1v) is 11.0. The molecular weight excluding hydrogens is 483 g/mol. The second-order valence-electron chi connectivity index (χ2n) is 8.06. The lowest BCUT2D eigenvalue weighted by molar-refractivity contribution is -0.136. The Labute approximate surface area is 203 Å². The average Bonchev–Trinajstić information content (AvgIpc) is 3.36. The van der Waals surface area contributed by atoms with Crippen molar-refractivity contribution in [2.75, 3.05) is 42.3 Å². The van der Waals surface area contributed by atoms with Gasteiger partial charge in [-0.1, -0.05) is 5.16 Å². The Morgan fingerprint density at radius 1 is 1.19 bits per heavy atom. The van der Waals surface area contributed by atoms with Gasteiger partial charge in [-0.15, -0.1) is 0 Å². The molecular formula is C22H24F3N7O4. The van der Waals surface area contributed by atoms with Crippen LogP contribution in [0.2, 0.25) is 0 Å². The number of aliphatic hydroxyl groups excluding tert-OH is 1. The van der Waals surface area contributed by atoms with Gasteiger partial charge < -0.3 is 35.6 Å². The van der Waals surface area contributed by atoms with Gasteiger partial charge in [-0.25, -0.2) is 9.97 Å². The third-order valence-corrected chi connectivity index (χ3v) is 5.49. The quantitative estimate of drug-likeness (QED) is 0.277. The van der Waals surface area contributed by atoms with E-state index in [0.717, 1.165) is 12.1 Å². The first-order valence-electron chi connectivity index (χ1n) is 11.0. The molecule has 0 bridgehead atoms. The molecule has 11 nitrogen and oxygen atoms in total. The molecule has 0 saturated carbocycles. The third kappa shape index (κ3) is 5.83. The molecule has 36 heavy (non-hydrogen) atoms. The number of carbonyl (C=O) groups excluding carboxylic acids is 1. The molecule has 1 aliphatic heterocycles. The SMILES string of the molecule is C[C@@H](NC(=O)c1cc(N2CCOCC2)ncn1)c1cc(C(O)Nc2ccc(N)c(C(F)(F)F)c2)on1. The van der Waals surface area contributed by atoms with E-state index in [1.807, 2.05) is 4.90 Å². The van der Waals surface area contributed by atoms with E-state index in [1.165, 1.54) is 18.5 Å². The molecule has 0 spiro atoms. The van der Waals surface area contributed by atoms with Gasteiger partial charge in [0.15, 0.2) is 12.0 Å².